The summed E-state index contributed by atoms with van der Waals surface area (Å²) in [5.41, 5.74) is 0. The highest BCUT2D eigenvalue weighted by molar-refractivity contribution is 5.76. The molecule has 5 nitrogen and oxygen atoms in total. The minimum atomic E-state index is 0.209. The summed E-state index contributed by atoms with van der Waals surface area (Å²) in [6.07, 6.45) is 6.27. The molecule has 0 N–H and O–H groups in total. The van der Waals surface area contributed by atoms with Gasteiger partial charge >= 0.3 is 0 Å². The summed E-state index contributed by atoms with van der Waals surface area (Å²) < 4.78 is 0. The van der Waals surface area contributed by atoms with E-state index in [0.29, 0.717) is 23.9 Å². The van der Waals surface area contributed by atoms with Crippen LogP contribution in [0.3, 0.4) is 0 Å². The van der Waals surface area contributed by atoms with Crippen molar-refractivity contribution in [3.8, 4) is 0 Å². The van der Waals surface area contributed by atoms with Crippen LogP contribution in [0.25, 0.3) is 0 Å². The predicted molar refractivity (Wildman–Crippen MR) is 85.4 cm³/mol. The van der Waals surface area contributed by atoms with Gasteiger partial charge in [-0.2, -0.15) is 0 Å². The highest BCUT2D eigenvalue weighted by Gasteiger charge is 2.38. The Morgan fingerprint density at radius 2 is 1.82 bits per heavy atom. The van der Waals surface area contributed by atoms with Gasteiger partial charge < -0.3 is 9.80 Å². The van der Waals surface area contributed by atoms with Gasteiger partial charge in [0.25, 0.3) is 0 Å². The SMILES string of the molecule is CC(=O)N1CCC(N2CC[C@@H]3[C@@H](CCCC(=O)N3C)C2)CC1. The molecule has 2 amide bonds. The van der Waals surface area contributed by atoms with Crippen molar-refractivity contribution in [2.75, 3.05) is 33.2 Å². The lowest BCUT2D eigenvalue weighted by atomic mass is 9.86. The van der Waals surface area contributed by atoms with Gasteiger partial charge in [0.1, 0.15) is 0 Å². The molecule has 3 heterocycles. The molecule has 0 aromatic carbocycles. The van der Waals surface area contributed by atoms with Crippen LogP contribution < -0.4 is 0 Å². The van der Waals surface area contributed by atoms with Gasteiger partial charge in [0.2, 0.25) is 11.8 Å². The van der Waals surface area contributed by atoms with Crippen LogP contribution in [0.5, 0.6) is 0 Å². The molecule has 3 rings (SSSR count). The second-order valence-corrected chi connectivity index (χ2v) is 7.25. The van der Waals surface area contributed by atoms with Crippen molar-refractivity contribution in [2.45, 2.75) is 57.5 Å². The fourth-order valence-electron chi connectivity index (χ4n) is 4.60. The second kappa shape index (κ2) is 6.57. The van der Waals surface area contributed by atoms with Crippen LogP contribution in [-0.2, 0) is 9.59 Å². The van der Waals surface area contributed by atoms with E-state index in [4.69, 9.17) is 0 Å². The monoisotopic (exact) mass is 307 g/mol. The molecule has 3 aliphatic heterocycles. The second-order valence-electron chi connectivity index (χ2n) is 7.25. The number of piperidine rings is 2. The lowest BCUT2D eigenvalue weighted by molar-refractivity contribution is -0.133. The van der Waals surface area contributed by atoms with Gasteiger partial charge in [-0.3, -0.25) is 14.5 Å². The molecular formula is C17H29N3O2. The number of fused-ring (bicyclic) bond motifs is 1. The molecule has 0 radical (unpaired) electrons. The zero-order valence-electron chi connectivity index (χ0n) is 14.0. The molecule has 3 saturated heterocycles. The summed E-state index contributed by atoms with van der Waals surface area (Å²) in [5, 5.41) is 0. The minimum Gasteiger partial charge on any atom is -0.343 e. The number of likely N-dealkylation sites (tertiary alicyclic amines) is 3. The normalized spacial score (nSPS) is 31.8. The molecule has 0 aromatic heterocycles. The van der Waals surface area contributed by atoms with Gasteiger partial charge in [0.15, 0.2) is 0 Å². The zero-order chi connectivity index (χ0) is 15.7. The largest absolute Gasteiger partial charge is 0.343 e. The van der Waals surface area contributed by atoms with Crippen LogP contribution in [0.2, 0.25) is 0 Å². The minimum absolute atomic E-state index is 0.209. The van der Waals surface area contributed by atoms with E-state index >= 15 is 0 Å². The maximum atomic E-state index is 12.0. The summed E-state index contributed by atoms with van der Waals surface area (Å²) >= 11 is 0. The van der Waals surface area contributed by atoms with Crippen molar-refractivity contribution in [2.24, 2.45) is 5.92 Å². The van der Waals surface area contributed by atoms with Gasteiger partial charge in [-0.05, 0) is 38.0 Å². The number of hydrogen-bond acceptors (Lipinski definition) is 3. The number of carbonyl (C=O) groups is 2. The predicted octanol–water partition coefficient (Wildman–Crippen LogP) is 1.33. The molecule has 5 heteroatoms. The maximum Gasteiger partial charge on any atom is 0.222 e. The number of nitrogens with zero attached hydrogens (tertiary/aromatic N) is 3. The van der Waals surface area contributed by atoms with Crippen LogP contribution in [0, 0.1) is 5.92 Å². The maximum absolute atomic E-state index is 12.0. The summed E-state index contributed by atoms with van der Waals surface area (Å²) in [4.78, 5) is 30.1. The molecule has 0 spiro atoms. The lowest BCUT2D eigenvalue weighted by Gasteiger charge is -2.46. The Balaban J connectivity index is 1.58. The quantitative estimate of drug-likeness (QED) is 0.734. The lowest BCUT2D eigenvalue weighted by Crippen LogP contribution is -2.55. The Morgan fingerprint density at radius 1 is 1.09 bits per heavy atom. The summed E-state index contributed by atoms with van der Waals surface area (Å²) in [5.74, 6) is 1.17. The average Bonchev–Trinajstić information content (AvgIpc) is 2.67. The summed E-state index contributed by atoms with van der Waals surface area (Å²) in [6, 6.07) is 1.07. The first-order chi connectivity index (χ1) is 10.6. The molecule has 3 aliphatic rings. The van der Waals surface area contributed by atoms with Crippen molar-refractivity contribution >= 4 is 11.8 Å². The van der Waals surface area contributed by atoms with E-state index < -0.39 is 0 Å². The van der Waals surface area contributed by atoms with E-state index in [9.17, 15) is 9.59 Å². The van der Waals surface area contributed by atoms with E-state index in [1.807, 2.05) is 16.8 Å². The molecule has 0 aromatic rings. The van der Waals surface area contributed by atoms with Gasteiger partial charge in [-0.25, -0.2) is 0 Å². The fraction of sp³-hybridized carbons (Fsp3) is 0.882. The third-order valence-electron chi connectivity index (χ3n) is 6.01. The number of hydrogen-bond donors (Lipinski definition) is 0. The third kappa shape index (κ3) is 3.14. The van der Waals surface area contributed by atoms with Crippen molar-refractivity contribution < 1.29 is 9.59 Å². The van der Waals surface area contributed by atoms with Crippen LogP contribution >= 0.6 is 0 Å². The Morgan fingerprint density at radius 3 is 2.50 bits per heavy atom. The van der Waals surface area contributed by atoms with Crippen molar-refractivity contribution in [1.82, 2.24) is 14.7 Å². The summed E-state index contributed by atoms with van der Waals surface area (Å²) in [6.45, 7) is 5.71. The number of rotatable bonds is 1. The van der Waals surface area contributed by atoms with Gasteiger partial charge in [-0.15, -0.1) is 0 Å². The first kappa shape index (κ1) is 15.8. The Bertz CT molecular complexity index is 432. The van der Waals surface area contributed by atoms with Crippen LogP contribution in [0.1, 0.15) is 45.4 Å². The van der Waals surface area contributed by atoms with E-state index in [-0.39, 0.29) is 5.91 Å². The molecule has 2 atom stereocenters. The number of amides is 2. The molecule has 0 unspecified atom stereocenters. The van der Waals surface area contributed by atoms with Gasteiger partial charge in [0, 0.05) is 58.7 Å². The van der Waals surface area contributed by atoms with E-state index in [1.54, 1.807) is 6.92 Å². The Kier molecular flexibility index (Phi) is 4.71. The molecule has 3 fully saturated rings. The molecule has 0 saturated carbocycles. The highest BCUT2D eigenvalue weighted by Crippen LogP contribution is 2.32. The van der Waals surface area contributed by atoms with Crippen molar-refractivity contribution in [3.63, 3.8) is 0 Å². The fourth-order valence-corrected chi connectivity index (χ4v) is 4.60. The number of carbonyl (C=O) groups excluding carboxylic acids is 2. The van der Waals surface area contributed by atoms with Gasteiger partial charge in [-0.1, -0.05) is 0 Å². The smallest absolute Gasteiger partial charge is 0.222 e. The molecular weight excluding hydrogens is 278 g/mol. The third-order valence-corrected chi connectivity index (χ3v) is 6.01. The Labute approximate surface area is 133 Å². The Hall–Kier alpha value is -1.10. The topological polar surface area (TPSA) is 43.9 Å². The first-order valence-electron chi connectivity index (χ1n) is 8.81. The van der Waals surface area contributed by atoms with Crippen LogP contribution in [-0.4, -0.2) is 71.8 Å². The first-order valence-corrected chi connectivity index (χ1v) is 8.81. The molecule has 124 valence electrons. The van der Waals surface area contributed by atoms with E-state index in [1.165, 1.54) is 6.42 Å². The molecule has 22 heavy (non-hydrogen) atoms. The standard InChI is InChI=1S/C17H29N3O2/c1-13(21)19-9-6-15(7-10-19)20-11-8-16-14(12-20)4-3-5-17(22)18(16)2/h14-16H,3-12H2,1-2H3/t14-,16+/m0/s1. The van der Waals surface area contributed by atoms with Crippen molar-refractivity contribution in [3.05, 3.63) is 0 Å². The average molecular weight is 307 g/mol. The highest BCUT2D eigenvalue weighted by atomic mass is 16.2. The molecule has 0 bridgehead atoms. The van der Waals surface area contributed by atoms with E-state index in [2.05, 4.69) is 4.90 Å². The summed E-state index contributed by atoms with van der Waals surface area (Å²) in [7, 11) is 1.99. The van der Waals surface area contributed by atoms with Crippen LogP contribution in [0.15, 0.2) is 0 Å². The van der Waals surface area contributed by atoms with Crippen LogP contribution in [0.4, 0.5) is 0 Å². The van der Waals surface area contributed by atoms with E-state index in [0.717, 1.165) is 58.3 Å². The molecule has 0 aliphatic carbocycles. The zero-order valence-corrected chi connectivity index (χ0v) is 14.0. The van der Waals surface area contributed by atoms with Gasteiger partial charge in [0.05, 0.1) is 0 Å². The van der Waals surface area contributed by atoms with Crippen molar-refractivity contribution in [1.29, 1.82) is 0 Å².